The number of likely N-dealkylation sites (tertiary alicyclic amines) is 1. The van der Waals surface area contributed by atoms with Gasteiger partial charge in [0.15, 0.2) is 5.96 Å². The number of nitrogens with two attached hydrogens (primary N) is 1. The highest BCUT2D eigenvalue weighted by atomic mass is 127. The molecule has 2 aromatic carbocycles. The van der Waals surface area contributed by atoms with Gasteiger partial charge in [0.1, 0.15) is 5.75 Å². The van der Waals surface area contributed by atoms with Gasteiger partial charge in [0.25, 0.3) is 0 Å². The highest BCUT2D eigenvalue weighted by Crippen LogP contribution is 2.19. The number of nitrogens with one attached hydrogen (secondary N) is 1. The van der Waals surface area contributed by atoms with Crippen LogP contribution in [0.2, 0.25) is 0 Å². The van der Waals surface area contributed by atoms with Crippen molar-refractivity contribution in [3.63, 3.8) is 0 Å². The minimum atomic E-state index is -0.183. The van der Waals surface area contributed by atoms with Gasteiger partial charge >= 0.3 is 0 Å². The van der Waals surface area contributed by atoms with Crippen LogP contribution < -0.4 is 15.8 Å². The van der Waals surface area contributed by atoms with Crippen molar-refractivity contribution in [2.45, 2.75) is 32.5 Å². The fourth-order valence-corrected chi connectivity index (χ4v) is 4.17. The van der Waals surface area contributed by atoms with Crippen molar-refractivity contribution in [1.29, 1.82) is 0 Å². The number of halogens is 1. The number of ether oxygens (including phenoxy) is 1. The number of hydrogen-bond acceptors (Lipinski definition) is 4. The third kappa shape index (κ3) is 8.19. The minimum Gasteiger partial charge on any atom is -0.497 e. The lowest BCUT2D eigenvalue weighted by Gasteiger charge is -2.31. The molecule has 0 radical (unpaired) electrons. The summed E-state index contributed by atoms with van der Waals surface area (Å²) in [4.78, 5) is 20.4. The first-order valence-corrected chi connectivity index (χ1v) is 11.1. The van der Waals surface area contributed by atoms with Crippen molar-refractivity contribution >= 4 is 35.8 Å². The molecular weight excluding hydrogens is 529 g/mol. The summed E-state index contributed by atoms with van der Waals surface area (Å²) in [6.45, 7) is 4.04. The Morgan fingerprint density at radius 2 is 1.94 bits per heavy atom. The maximum Gasteiger partial charge on any atom is 0.221 e. The molecule has 0 bridgehead atoms. The highest BCUT2D eigenvalue weighted by molar-refractivity contribution is 14.0. The van der Waals surface area contributed by atoms with Crippen LogP contribution in [-0.2, 0) is 24.4 Å². The smallest absolute Gasteiger partial charge is 0.221 e. The minimum absolute atomic E-state index is 0. The maximum absolute atomic E-state index is 11.5. The Morgan fingerprint density at radius 3 is 2.61 bits per heavy atom. The van der Waals surface area contributed by atoms with E-state index >= 15 is 0 Å². The topological polar surface area (TPSA) is 83.2 Å². The summed E-state index contributed by atoms with van der Waals surface area (Å²) in [7, 11) is 5.50. The van der Waals surface area contributed by atoms with E-state index in [1.807, 2.05) is 19.2 Å². The quantitative estimate of drug-likeness (QED) is 0.292. The standard InChI is InChI=1S/C25H35N5O2.HI/c1-27-25(29(2)16-19-9-11-23(32-3)12-10-19)28-15-20-6-4-7-21(14-20)17-30-13-5-8-22(18-30)24(26)31;/h4,6-7,9-12,14,22H,5,8,13,15-18H2,1-3H3,(H2,26,31)(H,27,28);1H. The zero-order valence-electron chi connectivity index (χ0n) is 19.8. The Kier molecular flexibility index (Phi) is 10.9. The Morgan fingerprint density at radius 1 is 1.21 bits per heavy atom. The number of piperidine rings is 1. The molecule has 3 rings (SSSR count). The van der Waals surface area contributed by atoms with E-state index in [0.29, 0.717) is 6.54 Å². The molecule has 33 heavy (non-hydrogen) atoms. The van der Waals surface area contributed by atoms with Crippen LogP contribution in [0, 0.1) is 5.92 Å². The molecule has 1 aliphatic rings. The largest absolute Gasteiger partial charge is 0.497 e. The normalized spacial score (nSPS) is 16.6. The van der Waals surface area contributed by atoms with Gasteiger partial charge in [-0.25, -0.2) is 0 Å². The van der Waals surface area contributed by atoms with E-state index in [9.17, 15) is 4.79 Å². The molecule has 180 valence electrons. The molecule has 1 fully saturated rings. The Balaban J connectivity index is 0.00000385. The summed E-state index contributed by atoms with van der Waals surface area (Å²) >= 11 is 0. The van der Waals surface area contributed by atoms with E-state index in [1.165, 1.54) is 16.7 Å². The molecule has 1 heterocycles. The third-order valence-electron chi connectivity index (χ3n) is 5.91. The van der Waals surface area contributed by atoms with Crippen LogP contribution in [0.4, 0.5) is 0 Å². The Hall–Kier alpha value is -2.33. The van der Waals surface area contributed by atoms with Gasteiger partial charge in [-0.1, -0.05) is 36.4 Å². The monoisotopic (exact) mass is 565 g/mol. The van der Waals surface area contributed by atoms with Gasteiger partial charge < -0.3 is 20.7 Å². The first-order chi connectivity index (χ1) is 15.5. The van der Waals surface area contributed by atoms with Gasteiger partial charge in [-0.3, -0.25) is 14.7 Å². The van der Waals surface area contributed by atoms with E-state index in [1.54, 1.807) is 14.2 Å². The van der Waals surface area contributed by atoms with Crippen molar-refractivity contribution in [3.05, 3.63) is 65.2 Å². The summed E-state index contributed by atoms with van der Waals surface area (Å²) in [6, 6.07) is 16.6. The number of hydrogen-bond donors (Lipinski definition) is 2. The first-order valence-electron chi connectivity index (χ1n) is 11.1. The SMILES string of the molecule is CN=C(NCc1cccc(CN2CCCC(C(N)=O)C2)c1)N(C)Cc1ccc(OC)cc1.I. The zero-order chi connectivity index (χ0) is 22.9. The number of guanidine groups is 1. The number of carbonyl (C=O) groups is 1. The number of methoxy groups -OCH3 is 1. The van der Waals surface area contributed by atoms with E-state index in [4.69, 9.17) is 10.5 Å². The molecule has 8 heteroatoms. The molecular formula is C25H36IN5O2. The van der Waals surface area contributed by atoms with Gasteiger partial charge in [-0.05, 0) is 48.2 Å². The molecule has 1 unspecified atom stereocenters. The van der Waals surface area contributed by atoms with Crippen molar-refractivity contribution in [1.82, 2.24) is 15.1 Å². The Bertz CT molecular complexity index is 919. The van der Waals surface area contributed by atoms with Crippen molar-refractivity contribution < 1.29 is 9.53 Å². The number of rotatable bonds is 8. The summed E-state index contributed by atoms with van der Waals surface area (Å²) in [5, 5.41) is 3.46. The van der Waals surface area contributed by atoms with E-state index in [-0.39, 0.29) is 35.8 Å². The molecule has 1 saturated heterocycles. The molecule has 0 aromatic heterocycles. The average molecular weight is 566 g/mol. The van der Waals surface area contributed by atoms with Crippen LogP contribution in [0.25, 0.3) is 0 Å². The number of benzene rings is 2. The van der Waals surface area contributed by atoms with Crippen molar-refractivity contribution in [2.75, 3.05) is 34.3 Å². The van der Waals surface area contributed by atoms with Crippen molar-refractivity contribution in [2.24, 2.45) is 16.6 Å². The lowest BCUT2D eigenvalue weighted by atomic mass is 9.97. The second-order valence-electron chi connectivity index (χ2n) is 8.40. The molecule has 1 atom stereocenters. The van der Waals surface area contributed by atoms with E-state index in [2.05, 4.69) is 56.5 Å². The predicted molar refractivity (Wildman–Crippen MR) is 144 cm³/mol. The lowest BCUT2D eigenvalue weighted by molar-refractivity contribution is -0.123. The zero-order valence-corrected chi connectivity index (χ0v) is 22.1. The molecule has 0 spiro atoms. The van der Waals surface area contributed by atoms with Gasteiger partial charge in [0.2, 0.25) is 5.91 Å². The molecule has 0 saturated carbocycles. The van der Waals surface area contributed by atoms with Crippen LogP contribution >= 0.6 is 24.0 Å². The number of amides is 1. The second-order valence-corrected chi connectivity index (χ2v) is 8.40. The van der Waals surface area contributed by atoms with Gasteiger partial charge in [0.05, 0.1) is 13.0 Å². The summed E-state index contributed by atoms with van der Waals surface area (Å²) in [5.74, 6) is 1.48. The summed E-state index contributed by atoms with van der Waals surface area (Å²) in [6.07, 6.45) is 1.92. The lowest BCUT2D eigenvalue weighted by Crippen LogP contribution is -2.40. The number of aliphatic imine (C=N–C) groups is 1. The fourth-order valence-electron chi connectivity index (χ4n) is 4.17. The molecule has 1 aliphatic heterocycles. The molecule has 7 nitrogen and oxygen atoms in total. The highest BCUT2D eigenvalue weighted by Gasteiger charge is 2.23. The van der Waals surface area contributed by atoms with Crippen LogP contribution in [0.5, 0.6) is 5.75 Å². The molecule has 0 aliphatic carbocycles. The third-order valence-corrected chi connectivity index (χ3v) is 5.91. The number of nitrogens with zero attached hydrogens (tertiary/aromatic N) is 3. The van der Waals surface area contributed by atoms with Gasteiger partial charge in [-0.15, -0.1) is 24.0 Å². The van der Waals surface area contributed by atoms with Crippen LogP contribution in [0.3, 0.4) is 0 Å². The maximum atomic E-state index is 11.5. The molecule has 2 aromatic rings. The summed E-state index contributed by atoms with van der Waals surface area (Å²) in [5.41, 5.74) is 9.15. The number of carbonyl (C=O) groups excluding carboxylic acids is 1. The van der Waals surface area contributed by atoms with Gasteiger partial charge in [0, 0.05) is 40.3 Å². The van der Waals surface area contributed by atoms with E-state index < -0.39 is 0 Å². The van der Waals surface area contributed by atoms with Crippen molar-refractivity contribution in [3.8, 4) is 5.75 Å². The average Bonchev–Trinajstić information content (AvgIpc) is 2.80. The summed E-state index contributed by atoms with van der Waals surface area (Å²) < 4.78 is 5.23. The van der Waals surface area contributed by atoms with E-state index in [0.717, 1.165) is 50.7 Å². The number of primary amides is 1. The first kappa shape index (κ1) is 26.9. The fraction of sp³-hybridized carbons (Fsp3) is 0.440. The predicted octanol–water partition coefficient (Wildman–Crippen LogP) is 3.22. The van der Waals surface area contributed by atoms with Crippen LogP contribution in [-0.4, -0.2) is 56.0 Å². The van der Waals surface area contributed by atoms with Crippen LogP contribution in [0.1, 0.15) is 29.5 Å². The molecule has 3 N–H and O–H groups in total. The van der Waals surface area contributed by atoms with Gasteiger partial charge in [-0.2, -0.15) is 0 Å². The Labute approximate surface area is 214 Å². The second kappa shape index (κ2) is 13.4. The molecule has 1 amide bonds. The van der Waals surface area contributed by atoms with Crippen LogP contribution in [0.15, 0.2) is 53.5 Å².